The fraction of sp³-hybridized carbons (Fsp3) is 0.333. The van der Waals surface area contributed by atoms with Crippen molar-refractivity contribution in [2.45, 2.75) is 19.6 Å². The first-order valence-corrected chi connectivity index (χ1v) is 7.62. The molecule has 27 heavy (non-hydrogen) atoms. The number of amides is 2. The lowest BCUT2D eigenvalue weighted by Crippen LogP contribution is -2.20. The van der Waals surface area contributed by atoms with Gasteiger partial charge in [-0.2, -0.15) is 13.2 Å². The Bertz CT molecular complexity index is 822. The molecule has 0 saturated carbocycles. The molecule has 0 bridgehead atoms. The Balaban J connectivity index is 2.05. The molecule has 2 N–H and O–H groups in total. The van der Waals surface area contributed by atoms with Gasteiger partial charge in [0.1, 0.15) is 12.3 Å². The van der Waals surface area contributed by atoms with E-state index >= 15 is 0 Å². The number of aromatic nitrogens is 3. The summed E-state index contributed by atoms with van der Waals surface area (Å²) < 4.78 is 49.2. The molecule has 0 aliphatic heterocycles. The van der Waals surface area contributed by atoms with Gasteiger partial charge in [-0.25, -0.2) is 9.48 Å². The zero-order valence-corrected chi connectivity index (χ0v) is 14.3. The standard InChI is InChI=1S/C15H16F3N5O4/c1-3-27-14(25)20-12-7-23(22-21-12)8-13(24)19-10-6-9(15(16,17)18)4-5-11(10)26-2/h4-7H,3,8H2,1-2H3,(H,19,24)(H,20,25). The summed E-state index contributed by atoms with van der Waals surface area (Å²) in [6.45, 7) is 1.45. The summed E-state index contributed by atoms with van der Waals surface area (Å²) in [6, 6.07) is 2.72. The summed E-state index contributed by atoms with van der Waals surface area (Å²) in [7, 11) is 1.27. The van der Waals surface area contributed by atoms with Crippen LogP contribution in [-0.4, -0.2) is 40.7 Å². The average molecular weight is 387 g/mol. The molecule has 0 radical (unpaired) electrons. The van der Waals surface area contributed by atoms with Crippen LogP contribution in [0.5, 0.6) is 5.75 Å². The third-order valence-corrected chi connectivity index (χ3v) is 3.15. The molecule has 0 spiro atoms. The fourth-order valence-electron chi connectivity index (χ4n) is 2.02. The van der Waals surface area contributed by atoms with Gasteiger partial charge in [-0.05, 0) is 25.1 Å². The molecule has 0 fully saturated rings. The molecule has 0 atom stereocenters. The summed E-state index contributed by atoms with van der Waals surface area (Å²) in [4.78, 5) is 23.4. The Labute approximate surface area is 151 Å². The van der Waals surface area contributed by atoms with E-state index in [1.54, 1.807) is 6.92 Å². The van der Waals surface area contributed by atoms with Crippen molar-refractivity contribution in [2.24, 2.45) is 0 Å². The Morgan fingerprint density at radius 2 is 2.00 bits per heavy atom. The van der Waals surface area contributed by atoms with Crippen molar-refractivity contribution >= 4 is 23.5 Å². The lowest BCUT2D eigenvalue weighted by molar-refractivity contribution is -0.137. The number of nitrogens with one attached hydrogen (secondary N) is 2. The zero-order valence-electron chi connectivity index (χ0n) is 14.3. The van der Waals surface area contributed by atoms with Crippen LogP contribution in [0.2, 0.25) is 0 Å². The number of anilines is 2. The number of hydrogen-bond donors (Lipinski definition) is 2. The summed E-state index contributed by atoms with van der Waals surface area (Å²) in [5, 5.41) is 11.9. The second kappa shape index (κ2) is 8.38. The smallest absolute Gasteiger partial charge is 0.416 e. The van der Waals surface area contributed by atoms with Gasteiger partial charge < -0.3 is 14.8 Å². The van der Waals surface area contributed by atoms with Crippen LogP contribution in [0.1, 0.15) is 12.5 Å². The van der Waals surface area contributed by atoms with Crippen molar-refractivity contribution in [1.82, 2.24) is 15.0 Å². The molecule has 1 aromatic carbocycles. The quantitative estimate of drug-likeness (QED) is 0.789. The Morgan fingerprint density at radius 1 is 1.26 bits per heavy atom. The number of nitrogens with zero attached hydrogens (tertiary/aromatic N) is 3. The van der Waals surface area contributed by atoms with E-state index in [9.17, 15) is 22.8 Å². The van der Waals surface area contributed by atoms with Gasteiger partial charge in [0.25, 0.3) is 0 Å². The minimum atomic E-state index is -4.56. The van der Waals surface area contributed by atoms with Gasteiger partial charge in [0, 0.05) is 0 Å². The van der Waals surface area contributed by atoms with Crippen LogP contribution in [0.3, 0.4) is 0 Å². The van der Waals surface area contributed by atoms with Gasteiger partial charge in [-0.15, -0.1) is 5.10 Å². The van der Waals surface area contributed by atoms with Crippen LogP contribution >= 0.6 is 0 Å². The van der Waals surface area contributed by atoms with Crippen molar-refractivity contribution in [3.63, 3.8) is 0 Å². The van der Waals surface area contributed by atoms with E-state index in [4.69, 9.17) is 4.74 Å². The highest BCUT2D eigenvalue weighted by atomic mass is 19.4. The summed E-state index contributed by atoms with van der Waals surface area (Å²) >= 11 is 0. The molecule has 2 amide bonds. The molecule has 146 valence electrons. The number of alkyl halides is 3. The third kappa shape index (κ3) is 5.59. The summed E-state index contributed by atoms with van der Waals surface area (Å²) in [5.74, 6) is -0.544. The number of hydrogen-bond acceptors (Lipinski definition) is 6. The molecular formula is C15H16F3N5O4. The lowest BCUT2D eigenvalue weighted by atomic mass is 10.1. The zero-order chi connectivity index (χ0) is 20.0. The van der Waals surface area contributed by atoms with Crippen LogP contribution in [0.4, 0.5) is 29.5 Å². The molecule has 2 rings (SSSR count). The SMILES string of the molecule is CCOC(=O)Nc1cn(CC(=O)Nc2cc(C(F)(F)F)ccc2OC)nn1. The normalized spacial score (nSPS) is 11.0. The van der Waals surface area contributed by atoms with Crippen LogP contribution in [0, 0.1) is 0 Å². The molecule has 0 aliphatic carbocycles. The van der Waals surface area contributed by atoms with Crippen molar-refractivity contribution in [3.8, 4) is 5.75 Å². The van der Waals surface area contributed by atoms with Gasteiger partial charge >= 0.3 is 12.3 Å². The molecule has 2 aromatic rings. The van der Waals surface area contributed by atoms with Crippen molar-refractivity contribution < 1.29 is 32.2 Å². The van der Waals surface area contributed by atoms with Crippen molar-refractivity contribution in [1.29, 1.82) is 0 Å². The third-order valence-electron chi connectivity index (χ3n) is 3.15. The number of ether oxygens (including phenoxy) is 2. The number of methoxy groups -OCH3 is 1. The van der Waals surface area contributed by atoms with E-state index in [-0.39, 0.29) is 30.4 Å². The molecule has 1 heterocycles. The second-order valence-electron chi connectivity index (χ2n) is 5.11. The molecule has 0 aliphatic rings. The molecular weight excluding hydrogens is 371 g/mol. The van der Waals surface area contributed by atoms with Crippen LogP contribution in [0.15, 0.2) is 24.4 Å². The molecule has 0 saturated heterocycles. The maximum atomic E-state index is 12.8. The Hall–Kier alpha value is -3.31. The van der Waals surface area contributed by atoms with Crippen molar-refractivity contribution in [2.75, 3.05) is 24.4 Å². The van der Waals surface area contributed by atoms with Gasteiger partial charge in [0.15, 0.2) is 5.82 Å². The molecule has 12 heteroatoms. The first-order valence-electron chi connectivity index (χ1n) is 7.62. The molecule has 0 unspecified atom stereocenters. The number of rotatable bonds is 6. The maximum absolute atomic E-state index is 12.8. The highest BCUT2D eigenvalue weighted by Gasteiger charge is 2.31. The van der Waals surface area contributed by atoms with Crippen LogP contribution < -0.4 is 15.4 Å². The van der Waals surface area contributed by atoms with E-state index in [1.165, 1.54) is 13.3 Å². The number of benzene rings is 1. The Kier molecular flexibility index (Phi) is 6.21. The highest BCUT2D eigenvalue weighted by Crippen LogP contribution is 2.34. The van der Waals surface area contributed by atoms with Crippen molar-refractivity contribution in [3.05, 3.63) is 30.0 Å². The largest absolute Gasteiger partial charge is 0.495 e. The monoisotopic (exact) mass is 387 g/mol. The minimum absolute atomic E-state index is 0.0536. The van der Waals surface area contributed by atoms with E-state index < -0.39 is 23.7 Å². The minimum Gasteiger partial charge on any atom is -0.495 e. The van der Waals surface area contributed by atoms with E-state index in [2.05, 4.69) is 25.7 Å². The van der Waals surface area contributed by atoms with Gasteiger partial charge in [-0.1, -0.05) is 5.21 Å². The topological polar surface area (TPSA) is 107 Å². The van der Waals surface area contributed by atoms with Gasteiger partial charge in [0.2, 0.25) is 5.91 Å². The average Bonchev–Trinajstić information content (AvgIpc) is 3.00. The lowest BCUT2D eigenvalue weighted by Gasteiger charge is -2.13. The van der Waals surface area contributed by atoms with E-state index in [0.717, 1.165) is 22.9 Å². The first kappa shape index (κ1) is 20.0. The van der Waals surface area contributed by atoms with Gasteiger partial charge in [0.05, 0.1) is 31.2 Å². The Morgan fingerprint density at radius 3 is 2.63 bits per heavy atom. The molecule has 1 aromatic heterocycles. The maximum Gasteiger partial charge on any atom is 0.416 e. The summed E-state index contributed by atoms with van der Waals surface area (Å²) in [5.41, 5.74) is -1.07. The van der Waals surface area contributed by atoms with E-state index in [1.807, 2.05) is 0 Å². The summed E-state index contributed by atoms with van der Waals surface area (Å²) in [6.07, 6.45) is -4.03. The van der Waals surface area contributed by atoms with Crippen LogP contribution in [-0.2, 0) is 22.3 Å². The van der Waals surface area contributed by atoms with Gasteiger partial charge in [-0.3, -0.25) is 10.1 Å². The second-order valence-corrected chi connectivity index (χ2v) is 5.11. The highest BCUT2D eigenvalue weighted by molar-refractivity contribution is 5.92. The number of carbonyl (C=O) groups is 2. The predicted molar refractivity (Wildman–Crippen MR) is 87.3 cm³/mol. The van der Waals surface area contributed by atoms with E-state index in [0.29, 0.717) is 0 Å². The fourth-order valence-corrected chi connectivity index (χ4v) is 2.02. The number of carbonyl (C=O) groups excluding carboxylic acids is 2. The van der Waals surface area contributed by atoms with Crippen LogP contribution in [0.25, 0.3) is 0 Å². The number of halogens is 3. The first-order chi connectivity index (χ1) is 12.7. The predicted octanol–water partition coefficient (Wildman–Crippen LogP) is 2.51. The molecule has 9 nitrogen and oxygen atoms in total.